The van der Waals surface area contributed by atoms with E-state index in [1.165, 1.54) is 6.56 Å². The van der Waals surface area contributed by atoms with Gasteiger partial charge in [0, 0.05) is 0 Å². The number of hydrogen-bond donors (Lipinski definition) is 0. The monoisotopic (exact) mass is 296 g/mol. The molecule has 2 aliphatic rings. The Morgan fingerprint density at radius 3 is 1.69 bits per heavy atom. The third-order valence-electron chi connectivity index (χ3n) is 3.71. The molecule has 0 atom stereocenters. The van der Waals surface area contributed by atoms with Crippen LogP contribution in [0.4, 0.5) is 0 Å². The number of allylic oxidation sites excluding steroid dienone is 8. The van der Waals surface area contributed by atoms with E-state index in [1.54, 1.807) is 14.2 Å². The molecule has 0 aromatic heterocycles. The van der Waals surface area contributed by atoms with Gasteiger partial charge in [0.2, 0.25) is 0 Å². The molecule has 0 N–H and O–H groups in total. The van der Waals surface area contributed by atoms with Gasteiger partial charge in [-0.1, -0.05) is 0 Å². The Bertz CT molecular complexity index is 434. The first-order valence-corrected chi connectivity index (χ1v) is 11.7. The van der Waals surface area contributed by atoms with Gasteiger partial charge < -0.3 is 0 Å². The Balaban J connectivity index is 2.53. The summed E-state index contributed by atoms with van der Waals surface area (Å²) < 4.78 is 18.8. The Hall–Kier alpha value is -0.367. The molecule has 2 aliphatic carbocycles. The predicted octanol–water partition coefficient (Wildman–Crippen LogP) is 2.92. The van der Waals surface area contributed by atoms with Gasteiger partial charge in [0.25, 0.3) is 0 Å². The van der Waals surface area contributed by atoms with E-state index in [0.29, 0.717) is 0 Å². The van der Waals surface area contributed by atoms with E-state index >= 15 is 0 Å². The standard InChI is InChI=1S/2C5H5.2CH3O.CH2.Zr/c2*1-2-4-5-3-1;2*1-2;;/h2*1-3H,4H2;2*1H3;1H2;/q;;2*-1;;+2. The van der Waals surface area contributed by atoms with Gasteiger partial charge >= 0.3 is 99.1 Å². The fraction of sp³-hybridized carbons (Fsp3) is 0.308. The van der Waals surface area contributed by atoms with Gasteiger partial charge in [-0.2, -0.15) is 0 Å². The first-order chi connectivity index (χ1) is 7.64. The van der Waals surface area contributed by atoms with Crippen LogP contribution in [0.3, 0.4) is 0 Å². The maximum absolute atomic E-state index is 5.90. The summed E-state index contributed by atoms with van der Waals surface area (Å²) >= 11 is -4.02. The topological polar surface area (TPSA) is 18.5 Å². The third-order valence-corrected chi connectivity index (χ3v) is 16.2. The zero-order chi connectivity index (χ0) is 11.7. The van der Waals surface area contributed by atoms with Crippen molar-refractivity contribution >= 4 is 4.21 Å². The molecule has 0 aliphatic heterocycles. The van der Waals surface area contributed by atoms with E-state index < -0.39 is 19.2 Å². The molecular formula is C13H18O2Zr. The molecule has 86 valence electrons. The Morgan fingerprint density at radius 2 is 1.44 bits per heavy atom. The van der Waals surface area contributed by atoms with Crippen molar-refractivity contribution in [3.63, 3.8) is 0 Å². The Labute approximate surface area is 98.8 Å². The quantitative estimate of drug-likeness (QED) is 0.794. The molecule has 0 heterocycles. The van der Waals surface area contributed by atoms with Crippen LogP contribution in [0.25, 0.3) is 0 Å². The zero-order valence-electron chi connectivity index (χ0n) is 9.90. The van der Waals surface area contributed by atoms with Gasteiger partial charge in [-0.25, -0.2) is 0 Å². The van der Waals surface area contributed by atoms with Crippen molar-refractivity contribution in [1.82, 2.24) is 0 Å². The van der Waals surface area contributed by atoms with Crippen LogP contribution >= 0.6 is 0 Å². The molecule has 0 bridgehead atoms. The van der Waals surface area contributed by atoms with Gasteiger partial charge in [0.1, 0.15) is 0 Å². The van der Waals surface area contributed by atoms with Crippen LogP contribution in [-0.4, -0.2) is 18.4 Å². The van der Waals surface area contributed by atoms with Crippen LogP contribution < -0.4 is 0 Å². The summed E-state index contributed by atoms with van der Waals surface area (Å²) in [5.74, 6) is 0. The van der Waals surface area contributed by atoms with Crippen LogP contribution in [0.1, 0.15) is 12.8 Å². The fourth-order valence-electron chi connectivity index (χ4n) is 2.46. The molecule has 2 nitrogen and oxygen atoms in total. The first kappa shape index (κ1) is 12.1. The van der Waals surface area contributed by atoms with E-state index in [2.05, 4.69) is 40.7 Å². The van der Waals surface area contributed by atoms with Gasteiger partial charge in [-0.15, -0.1) is 0 Å². The molecule has 0 aromatic rings. The molecule has 0 fully saturated rings. The molecule has 0 saturated heterocycles. The average molecular weight is 298 g/mol. The SMILES string of the molecule is [CH2]=[Zr]([O]C)([O]C)([C]1=CC=CC1)[C]1=CC=CC1. The molecule has 0 saturated carbocycles. The average Bonchev–Trinajstić information content (AvgIpc) is 3.00. The molecule has 0 aromatic carbocycles. The second-order valence-electron chi connectivity index (χ2n) is 4.32. The second-order valence-corrected chi connectivity index (χ2v) is 15.7. The summed E-state index contributed by atoms with van der Waals surface area (Å²) in [6.45, 7) is 0. The van der Waals surface area contributed by atoms with E-state index in [-0.39, 0.29) is 0 Å². The van der Waals surface area contributed by atoms with Crippen molar-refractivity contribution in [3.8, 4) is 0 Å². The molecule has 3 heteroatoms. The van der Waals surface area contributed by atoms with Crippen molar-refractivity contribution < 1.29 is 24.8 Å². The van der Waals surface area contributed by atoms with Crippen LogP contribution in [0.5, 0.6) is 0 Å². The van der Waals surface area contributed by atoms with Crippen LogP contribution in [0.2, 0.25) is 0 Å². The number of rotatable bonds is 4. The summed E-state index contributed by atoms with van der Waals surface area (Å²) in [4.78, 5) is 0. The summed E-state index contributed by atoms with van der Waals surface area (Å²) in [6, 6.07) is 0. The fourth-order valence-corrected chi connectivity index (χ4v) is 11.2. The molecule has 0 unspecified atom stereocenters. The van der Waals surface area contributed by atoms with Gasteiger partial charge in [0.05, 0.1) is 0 Å². The summed E-state index contributed by atoms with van der Waals surface area (Å²) in [7, 11) is 3.47. The maximum atomic E-state index is 5.90. The van der Waals surface area contributed by atoms with Crippen LogP contribution in [0, 0.1) is 0 Å². The summed E-state index contributed by atoms with van der Waals surface area (Å²) in [5.41, 5.74) is 0. The first-order valence-electron chi connectivity index (χ1n) is 5.51. The van der Waals surface area contributed by atoms with Crippen molar-refractivity contribution in [2.45, 2.75) is 12.8 Å². The summed E-state index contributed by atoms with van der Waals surface area (Å²) in [5, 5.41) is 0. The minimum atomic E-state index is -4.02. The van der Waals surface area contributed by atoms with Crippen molar-refractivity contribution in [1.29, 1.82) is 0 Å². The molecular weight excluding hydrogens is 279 g/mol. The number of hydrogen-bond acceptors (Lipinski definition) is 2. The van der Waals surface area contributed by atoms with E-state index in [9.17, 15) is 0 Å². The zero-order valence-corrected chi connectivity index (χ0v) is 12.4. The summed E-state index contributed by atoms with van der Waals surface area (Å²) in [6.07, 6.45) is 14.4. The second kappa shape index (κ2) is 4.14. The van der Waals surface area contributed by atoms with Crippen LogP contribution in [0.15, 0.2) is 43.0 Å². The van der Waals surface area contributed by atoms with Gasteiger partial charge in [-0.05, 0) is 0 Å². The minimum absolute atomic E-state index is 0.910. The molecule has 0 spiro atoms. The molecule has 16 heavy (non-hydrogen) atoms. The molecule has 0 radical (unpaired) electrons. The Kier molecular flexibility index (Phi) is 3.13. The van der Waals surface area contributed by atoms with Crippen LogP contribution in [-0.2, 0) is 24.8 Å². The van der Waals surface area contributed by atoms with Gasteiger partial charge in [0.15, 0.2) is 0 Å². The van der Waals surface area contributed by atoms with Crippen molar-refractivity contribution in [2.24, 2.45) is 0 Å². The van der Waals surface area contributed by atoms with Gasteiger partial charge in [-0.3, -0.25) is 0 Å². The predicted molar refractivity (Wildman–Crippen MR) is 64.8 cm³/mol. The molecule has 2 rings (SSSR count). The molecule has 0 amide bonds. The van der Waals surface area contributed by atoms with E-state index in [0.717, 1.165) is 12.8 Å². The van der Waals surface area contributed by atoms with E-state index in [1.807, 2.05) is 0 Å². The van der Waals surface area contributed by atoms with Crippen molar-refractivity contribution in [3.05, 3.63) is 43.0 Å². The third kappa shape index (κ3) is 1.54. The van der Waals surface area contributed by atoms with E-state index in [4.69, 9.17) is 5.63 Å². The van der Waals surface area contributed by atoms with Crippen molar-refractivity contribution in [2.75, 3.05) is 14.2 Å². The Morgan fingerprint density at radius 1 is 1.00 bits per heavy atom. The normalized spacial score (nSPS) is 20.2.